The monoisotopic (exact) mass is 781 g/mol. The minimum Gasteiger partial charge on any atom is -0.453 e. The van der Waals surface area contributed by atoms with Crippen LogP contribution >= 0.6 is 0 Å². The molecule has 5 heterocycles. The predicted octanol–water partition coefficient (Wildman–Crippen LogP) is 6.43. The highest BCUT2D eigenvalue weighted by atomic mass is 16.5. The van der Waals surface area contributed by atoms with E-state index in [1.54, 1.807) is 22.2 Å². The molecule has 0 unspecified atom stereocenters. The Bertz CT molecular complexity index is 2150. The van der Waals surface area contributed by atoms with Gasteiger partial charge in [-0.15, -0.1) is 0 Å². The number of nitrogens with zero attached hydrogens (tertiary/aromatic N) is 5. The molecule has 7 rings (SSSR count). The number of imidazole rings is 2. The van der Waals surface area contributed by atoms with Crippen molar-refractivity contribution in [3.63, 3.8) is 0 Å². The molecule has 4 atom stereocenters. The second-order valence-electron chi connectivity index (χ2n) is 15.5. The number of aromatic amines is 2. The van der Waals surface area contributed by atoms with Crippen molar-refractivity contribution in [2.75, 3.05) is 39.3 Å². The first-order chi connectivity index (χ1) is 27.4. The molecule has 0 spiro atoms. The largest absolute Gasteiger partial charge is 0.453 e. The summed E-state index contributed by atoms with van der Waals surface area (Å²) in [5.74, 6) is 2.21. The van der Waals surface area contributed by atoms with E-state index in [4.69, 9.17) is 24.2 Å². The molecule has 0 radical (unpaired) electrons. The molecular weight excluding hydrogens is 731 g/mol. The maximum Gasteiger partial charge on any atom is 0.407 e. The summed E-state index contributed by atoms with van der Waals surface area (Å²) >= 11 is 0. The number of rotatable bonds is 10. The van der Waals surface area contributed by atoms with Gasteiger partial charge in [0.1, 0.15) is 23.7 Å². The van der Waals surface area contributed by atoms with Gasteiger partial charge < -0.3 is 49.5 Å². The number of carbonyl (C=O) groups is 4. The summed E-state index contributed by atoms with van der Waals surface area (Å²) < 4.78 is 16.0. The first kappa shape index (κ1) is 39.2. The van der Waals surface area contributed by atoms with E-state index in [-0.39, 0.29) is 35.7 Å². The molecule has 2 aromatic heterocycles. The van der Waals surface area contributed by atoms with Gasteiger partial charge in [-0.1, -0.05) is 33.8 Å². The fourth-order valence-electron chi connectivity index (χ4n) is 8.01. The standard InChI is InChI=1S/C41H51N9O7/c1-22(2)34(46-40(53)55-6)38(51)49-16-8-10-29(49)36-42-20-26(44-36)24-13-15-32-31(18-24)48(5)28-14-12-25(19-33(28)57-32)27-21-43-37(45-27)30-11-9-17-50(30)39(52)35(23(3)4)47-41(54)56-7/h12-15,18-23,29-30,34-35H,8-11,16-17H2,1-7H3,(H,42,44)(H,43,45)(H,46,53)(H,47,54)/t29-,30+,34-,35-/m0/s1. The molecule has 302 valence electrons. The number of H-pyrrole nitrogens is 2. The van der Waals surface area contributed by atoms with Gasteiger partial charge in [-0.2, -0.15) is 0 Å². The van der Waals surface area contributed by atoms with Crippen molar-refractivity contribution in [2.24, 2.45) is 11.8 Å². The van der Waals surface area contributed by atoms with Crippen molar-refractivity contribution in [3.8, 4) is 34.0 Å². The lowest BCUT2D eigenvalue weighted by Crippen LogP contribution is -2.51. The van der Waals surface area contributed by atoms with E-state index in [2.05, 4.69) is 31.6 Å². The number of amides is 4. The zero-order valence-corrected chi connectivity index (χ0v) is 33.4. The number of carbonyl (C=O) groups excluding carboxylic acids is 4. The summed E-state index contributed by atoms with van der Waals surface area (Å²) in [6.07, 6.45) is 5.47. The van der Waals surface area contributed by atoms with Gasteiger partial charge in [0.25, 0.3) is 0 Å². The van der Waals surface area contributed by atoms with E-state index >= 15 is 0 Å². The van der Waals surface area contributed by atoms with Gasteiger partial charge in [-0.05, 0) is 67.9 Å². The molecule has 3 aliphatic heterocycles. The molecule has 57 heavy (non-hydrogen) atoms. The summed E-state index contributed by atoms with van der Waals surface area (Å²) in [6.45, 7) is 8.73. The Kier molecular flexibility index (Phi) is 11.1. The molecule has 16 heteroatoms. The summed E-state index contributed by atoms with van der Waals surface area (Å²) in [4.78, 5) is 73.2. The Balaban J connectivity index is 1.06. The average Bonchev–Trinajstić information content (AvgIpc) is 4.05. The first-order valence-electron chi connectivity index (χ1n) is 19.5. The molecule has 0 aliphatic carbocycles. The van der Waals surface area contributed by atoms with Crippen LogP contribution in [0.15, 0.2) is 48.8 Å². The normalized spacial score (nSPS) is 18.5. The minimum atomic E-state index is -0.708. The van der Waals surface area contributed by atoms with E-state index in [0.717, 1.165) is 59.6 Å². The number of nitrogens with one attached hydrogen (secondary N) is 4. The number of anilines is 2. The highest BCUT2D eigenvalue weighted by Gasteiger charge is 2.39. The maximum atomic E-state index is 13.6. The molecule has 4 amide bonds. The lowest BCUT2D eigenvalue weighted by molar-refractivity contribution is -0.136. The van der Waals surface area contributed by atoms with Crippen LogP contribution in [0.4, 0.5) is 21.0 Å². The van der Waals surface area contributed by atoms with Gasteiger partial charge in [-0.25, -0.2) is 19.6 Å². The summed E-state index contributed by atoms with van der Waals surface area (Å²) in [5.41, 5.74) is 5.17. The summed E-state index contributed by atoms with van der Waals surface area (Å²) in [7, 11) is 4.57. The minimum absolute atomic E-state index is 0.121. The lowest BCUT2D eigenvalue weighted by Gasteiger charge is -2.30. The van der Waals surface area contributed by atoms with Crippen LogP contribution in [0.3, 0.4) is 0 Å². The van der Waals surface area contributed by atoms with Crippen molar-refractivity contribution in [3.05, 3.63) is 60.4 Å². The highest BCUT2D eigenvalue weighted by molar-refractivity contribution is 5.87. The van der Waals surface area contributed by atoms with Gasteiger partial charge in [0, 0.05) is 31.3 Å². The van der Waals surface area contributed by atoms with Crippen LogP contribution in [-0.2, 0) is 19.1 Å². The fraction of sp³-hybridized carbons (Fsp3) is 0.463. The maximum absolute atomic E-state index is 13.6. The van der Waals surface area contributed by atoms with Crippen LogP contribution in [0.2, 0.25) is 0 Å². The molecule has 3 aliphatic rings. The molecular formula is C41H51N9O7. The third kappa shape index (κ3) is 7.72. The number of fused-ring (bicyclic) bond motifs is 2. The molecule has 2 saturated heterocycles. The molecule has 0 saturated carbocycles. The number of benzene rings is 2. The van der Waals surface area contributed by atoms with Crippen molar-refractivity contribution < 1.29 is 33.4 Å². The number of alkyl carbamates (subject to hydrolysis) is 2. The van der Waals surface area contributed by atoms with Gasteiger partial charge in [0.15, 0.2) is 11.5 Å². The molecule has 0 bridgehead atoms. The zero-order valence-electron chi connectivity index (χ0n) is 33.4. The Morgan fingerprint density at radius 3 is 1.70 bits per heavy atom. The van der Waals surface area contributed by atoms with Gasteiger partial charge in [-0.3, -0.25) is 9.59 Å². The Morgan fingerprint density at radius 1 is 0.719 bits per heavy atom. The zero-order chi connectivity index (χ0) is 40.5. The SMILES string of the molecule is COC(=O)N[C@H](C(=O)N1CCC[C@@H]1c1ncc(-c2ccc3c(c2)Oc2ccc(-c4cnc([C@@H]5CCCN5C(=O)[C@@H](NC(=O)OC)C(C)C)[nH]4)cc2N3C)[nH]1)C(C)C. The smallest absolute Gasteiger partial charge is 0.407 e. The number of hydrogen-bond acceptors (Lipinski definition) is 10. The number of methoxy groups -OCH3 is 2. The van der Waals surface area contributed by atoms with Crippen molar-refractivity contribution in [2.45, 2.75) is 77.5 Å². The van der Waals surface area contributed by atoms with Crippen molar-refractivity contribution in [1.29, 1.82) is 0 Å². The summed E-state index contributed by atoms with van der Waals surface area (Å²) in [6, 6.07) is 10.1. The van der Waals surface area contributed by atoms with Crippen LogP contribution in [0, 0.1) is 11.8 Å². The fourth-order valence-corrected chi connectivity index (χ4v) is 8.01. The van der Waals surface area contributed by atoms with Crippen molar-refractivity contribution >= 4 is 35.4 Å². The van der Waals surface area contributed by atoms with Gasteiger partial charge in [0.05, 0.1) is 61.5 Å². The third-order valence-corrected chi connectivity index (χ3v) is 11.2. The molecule has 2 fully saturated rings. The predicted molar refractivity (Wildman–Crippen MR) is 212 cm³/mol. The second kappa shape index (κ2) is 16.2. The summed E-state index contributed by atoms with van der Waals surface area (Å²) in [5, 5.41) is 5.39. The topological polar surface area (TPSA) is 187 Å². The Labute approximate surface area is 331 Å². The van der Waals surface area contributed by atoms with Crippen molar-refractivity contribution in [1.82, 2.24) is 40.4 Å². The van der Waals surface area contributed by atoms with E-state index in [1.807, 2.05) is 65.1 Å². The molecule has 4 N–H and O–H groups in total. The molecule has 4 aromatic rings. The van der Waals surface area contributed by atoms with Crippen LogP contribution < -0.4 is 20.3 Å². The van der Waals surface area contributed by atoms with E-state index in [9.17, 15) is 19.2 Å². The van der Waals surface area contributed by atoms with Crippen LogP contribution in [0.5, 0.6) is 11.5 Å². The molecule has 16 nitrogen and oxygen atoms in total. The van der Waals surface area contributed by atoms with Crippen LogP contribution in [-0.4, -0.2) is 100 Å². The average molecular weight is 782 g/mol. The van der Waals surface area contributed by atoms with E-state index < -0.39 is 24.3 Å². The third-order valence-electron chi connectivity index (χ3n) is 11.2. The number of aromatic nitrogens is 4. The molecule has 2 aromatic carbocycles. The van der Waals surface area contributed by atoms with E-state index in [0.29, 0.717) is 36.2 Å². The second-order valence-corrected chi connectivity index (χ2v) is 15.5. The van der Waals surface area contributed by atoms with Crippen LogP contribution in [0.25, 0.3) is 22.5 Å². The van der Waals surface area contributed by atoms with Crippen LogP contribution in [0.1, 0.15) is 77.1 Å². The van der Waals surface area contributed by atoms with E-state index in [1.165, 1.54) is 14.2 Å². The number of likely N-dealkylation sites (tertiary alicyclic amines) is 2. The highest BCUT2D eigenvalue weighted by Crippen LogP contribution is 2.48. The number of ether oxygens (including phenoxy) is 3. The van der Waals surface area contributed by atoms with Gasteiger partial charge in [0.2, 0.25) is 11.8 Å². The van der Waals surface area contributed by atoms with Gasteiger partial charge >= 0.3 is 12.2 Å². The Morgan fingerprint density at radius 2 is 1.21 bits per heavy atom. The lowest BCUT2D eigenvalue weighted by atomic mass is 10.0. The Hall–Kier alpha value is -6.06. The quantitative estimate of drug-likeness (QED) is 0.140. The first-order valence-corrected chi connectivity index (χ1v) is 19.5. The number of hydrogen-bond donors (Lipinski definition) is 4.